The Labute approximate surface area is 111 Å². The maximum Gasteiger partial charge on any atom is 0.319 e. The summed E-state index contributed by atoms with van der Waals surface area (Å²) in [5.74, 6) is 0. The van der Waals surface area contributed by atoms with E-state index in [9.17, 15) is 4.79 Å². The average Bonchev–Trinajstić information content (AvgIpc) is 2.68. The summed E-state index contributed by atoms with van der Waals surface area (Å²) >= 11 is 0. The second-order valence-electron chi connectivity index (χ2n) is 4.38. The molecule has 100 valence electrons. The quantitative estimate of drug-likeness (QED) is 0.885. The van der Waals surface area contributed by atoms with Gasteiger partial charge in [0.25, 0.3) is 0 Å². The number of urea groups is 1. The molecule has 2 amide bonds. The van der Waals surface area contributed by atoms with Gasteiger partial charge in [0.05, 0.1) is 23.1 Å². The maximum absolute atomic E-state index is 11.9. The van der Waals surface area contributed by atoms with Crippen LogP contribution in [0, 0.1) is 6.92 Å². The Morgan fingerprint density at radius 1 is 1.42 bits per heavy atom. The highest BCUT2D eigenvalue weighted by Gasteiger charge is 2.12. The number of aryl methyl sites for hydroxylation is 2. The van der Waals surface area contributed by atoms with Crippen molar-refractivity contribution in [1.29, 1.82) is 0 Å². The first-order valence-corrected chi connectivity index (χ1v) is 6.05. The normalized spacial score (nSPS) is 11.9. The highest BCUT2D eigenvalue weighted by molar-refractivity contribution is 5.89. The van der Waals surface area contributed by atoms with Gasteiger partial charge in [-0.05, 0) is 26.0 Å². The summed E-state index contributed by atoms with van der Waals surface area (Å²) in [7, 11) is 1.81. The zero-order valence-electron chi connectivity index (χ0n) is 11.2. The third-order valence-electron chi connectivity index (χ3n) is 2.74. The molecule has 0 radical (unpaired) electrons. The average molecular weight is 259 g/mol. The number of carbonyl (C=O) groups excluding carboxylic acids is 1. The first-order valence-electron chi connectivity index (χ1n) is 6.05. The van der Waals surface area contributed by atoms with Gasteiger partial charge in [-0.25, -0.2) is 4.79 Å². The molecule has 0 aliphatic rings. The lowest BCUT2D eigenvalue weighted by Crippen LogP contribution is -2.31. The molecule has 0 aliphatic carbocycles. The number of hydrogen-bond donors (Lipinski definition) is 2. The monoisotopic (exact) mass is 259 g/mol. The summed E-state index contributed by atoms with van der Waals surface area (Å²) in [6.07, 6.45) is 3.47. The fourth-order valence-corrected chi connectivity index (χ4v) is 1.78. The maximum atomic E-state index is 11.9. The van der Waals surface area contributed by atoms with E-state index in [1.54, 1.807) is 17.1 Å². The molecule has 0 unspecified atom stereocenters. The predicted octanol–water partition coefficient (Wildman–Crippen LogP) is 2.01. The van der Waals surface area contributed by atoms with E-state index in [0.717, 1.165) is 11.4 Å². The third-order valence-corrected chi connectivity index (χ3v) is 2.74. The number of carbonyl (C=O) groups is 1. The molecule has 1 atom stereocenters. The molecule has 2 aromatic rings. The number of aromatic nitrogens is 3. The lowest BCUT2D eigenvalue weighted by molar-refractivity contribution is 0.249. The molecule has 0 aliphatic heterocycles. The van der Waals surface area contributed by atoms with Crippen LogP contribution in [0.2, 0.25) is 0 Å². The lowest BCUT2D eigenvalue weighted by Gasteiger charge is -2.13. The molecule has 2 N–H and O–H groups in total. The molecule has 19 heavy (non-hydrogen) atoms. The summed E-state index contributed by atoms with van der Waals surface area (Å²) in [6, 6.07) is 5.19. The molecule has 0 spiro atoms. The van der Waals surface area contributed by atoms with Gasteiger partial charge in [0.15, 0.2) is 0 Å². The molecule has 2 rings (SSSR count). The van der Waals surface area contributed by atoms with Gasteiger partial charge >= 0.3 is 6.03 Å². The Balaban J connectivity index is 1.96. The first-order chi connectivity index (χ1) is 9.06. The van der Waals surface area contributed by atoms with Crippen LogP contribution in [0.15, 0.2) is 30.6 Å². The van der Waals surface area contributed by atoms with Crippen LogP contribution in [-0.2, 0) is 7.05 Å². The zero-order chi connectivity index (χ0) is 13.8. The molecule has 0 saturated heterocycles. The van der Waals surface area contributed by atoms with Crippen LogP contribution in [0.4, 0.5) is 10.5 Å². The number of anilines is 1. The number of hydrogen-bond acceptors (Lipinski definition) is 3. The molecule has 0 saturated carbocycles. The molecule has 6 heteroatoms. The van der Waals surface area contributed by atoms with Crippen molar-refractivity contribution in [3.05, 3.63) is 42.0 Å². The summed E-state index contributed by atoms with van der Waals surface area (Å²) in [5.41, 5.74) is 2.30. The van der Waals surface area contributed by atoms with Crippen LogP contribution in [0.25, 0.3) is 0 Å². The molecule has 0 bridgehead atoms. The minimum absolute atomic E-state index is 0.154. The van der Waals surface area contributed by atoms with E-state index >= 15 is 0 Å². The van der Waals surface area contributed by atoms with Crippen molar-refractivity contribution >= 4 is 11.7 Å². The van der Waals surface area contributed by atoms with Crippen molar-refractivity contribution in [2.75, 3.05) is 5.32 Å². The van der Waals surface area contributed by atoms with E-state index in [1.165, 1.54) is 0 Å². The first kappa shape index (κ1) is 13.1. The van der Waals surface area contributed by atoms with Crippen LogP contribution in [0.1, 0.15) is 24.4 Å². The summed E-state index contributed by atoms with van der Waals surface area (Å²) in [6.45, 7) is 3.73. The van der Waals surface area contributed by atoms with E-state index in [0.29, 0.717) is 5.69 Å². The third kappa shape index (κ3) is 3.31. The Bertz CT molecular complexity index is 564. The zero-order valence-corrected chi connectivity index (χ0v) is 11.2. The topological polar surface area (TPSA) is 71.8 Å². The van der Waals surface area contributed by atoms with Crippen LogP contribution in [0.5, 0.6) is 0 Å². The van der Waals surface area contributed by atoms with Gasteiger partial charge in [-0.3, -0.25) is 9.67 Å². The van der Waals surface area contributed by atoms with Crippen molar-refractivity contribution in [1.82, 2.24) is 20.1 Å². The lowest BCUT2D eigenvalue weighted by atomic mass is 10.2. The summed E-state index contributed by atoms with van der Waals surface area (Å²) < 4.78 is 1.66. The molecule has 0 fully saturated rings. The molecular weight excluding hydrogens is 242 g/mol. The van der Waals surface area contributed by atoms with Crippen LogP contribution in [-0.4, -0.2) is 20.8 Å². The minimum atomic E-state index is -0.269. The summed E-state index contributed by atoms with van der Waals surface area (Å²) in [4.78, 5) is 16.1. The fraction of sp³-hybridized carbons (Fsp3) is 0.308. The van der Waals surface area contributed by atoms with Gasteiger partial charge in [-0.15, -0.1) is 0 Å². The second-order valence-corrected chi connectivity index (χ2v) is 4.38. The van der Waals surface area contributed by atoms with Crippen molar-refractivity contribution in [3.8, 4) is 0 Å². The van der Waals surface area contributed by atoms with Crippen LogP contribution >= 0.6 is 0 Å². The fourth-order valence-electron chi connectivity index (χ4n) is 1.78. The van der Waals surface area contributed by atoms with E-state index in [2.05, 4.69) is 20.7 Å². The molecule has 2 heterocycles. The van der Waals surface area contributed by atoms with Crippen molar-refractivity contribution in [3.63, 3.8) is 0 Å². The highest BCUT2D eigenvalue weighted by atomic mass is 16.2. The molecule has 0 aromatic carbocycles. The number of amides is 2. The van der Waals surface area contributed by atoms with Gasteiger partial charge in [-0.1, -0.05) is 6.07 Å². The van der Waals surface area contributed by atoms with Crippen molar-refractivity contribution in [2.45, 2.75) is 19.9 Å². The van der Waals surface area contributed by atoms with Crippen molar-refractivity contribution < 1.29 is 4.79 Å². The number of pyridine rings is 1. The predicted molar refractivity (Wildman–Crippen MR) is 72.8 cm³/mol. The van der Waals surface area contributed by atoms with E-state index in [-0.39, 0.29) is 12.1 Å². The number of nitrogens with zero attached hydrogens (tertiary/aromatic N) is 3. The van der Waals surface area contributed by atoms with Crippen molar-refractivity contribution in [2.24, 2.45) is 7.05 Å². The standard InChI is InChI=1S/C13H17N5O/c1-9(11-6-4-5-7-14-11)15-13(19)16-12-8-18(3)17-10(12)2/h4-9H,1-3H3,(H2,15,16,19)/t9-/m1/s1. The van der Waals surface area contributed by atoms with Gasteiger partial charge in [0, 0.05) is 19.4 Å². The van der Waals surface area contributed by atoms with Crippen LogP contribution in [0.3, 0.4) is 0 Å². The SMILES string of the molecule is Cc1nn(C)cc1NC(=O)N[C@H](C)c1ccccn1. The van der Waals surface area contributed by atoms with Gasteiger partial charge in [-0.2, -0.15) is 5.10 Å². The molecule has 2 aromatic heterocycles. The van der Waals surface area contributed by atoms with E-state index in [4.69, 9.17) is 0 Å². The Morgan fingerprint density at radius 3 is 2.79 bits per heavy atom. The second kappa shape index (κ2) is 5.51. The van der Waals surface area contributed by atoms with E-state index < -0.39 is 0 Å². The Kier molecular flexibility index (Phi) is 3.79. The summed E-state index contributed by atoms with van der Waals surface area (Å²) in [5, 5.41) is 9.77. The molecule has 6 nitrogen and oxygen atoms in total. The smallest absolute Gasteiger partial charge is 0.319 e. The minimum Gasteiger partial charge on any atom is -0.330 e. The Hall–Kier alpha value is -2.37. The largest absolute Gasteiger partial charge is 0.330 e. The van der Waals surface area contributed by atoms with Gasteiger partial charge in [0.1, 0.15) is 0 Å². The highest BCUT2D eigenvalue weighted by Crippen LogP contribution is 2.12. The molecular formula is C13H17N5O. The van der Waals surface area contributed by atoms with Crippen LogP contribution < -0.4 is 10.6 Å². The van der Waals surface area contributed by atoms with Gasteiger partial charge in [0.2, 0.25) is 0 Å². The van der Waals surface area contributed by atoms with E-state index in [1.807, 2.05) is 39.1 Å². The number of nitrogens with one attached hydrogen (secondary N) is 2. The van der Waals surface area contributed by atoms with Gasteiger partial charge < -0.3 is 10.6 Å². The number of rotatable bonds is 3. The Morgan fingerprint density at radius 2 is 2.21 bits per heavy atom.